The third-order valence-electron chi connectivity index (χ3n) is 5.88. The molecule has 4 rings (SSSR count). The molecule has 8 nitrogen and oxygen atoms in total. The summed E-state index contributed by atoms with van der Waals surface area (Å²) in [7, 11) is 0. The van der Waals surface area contributed by atoms with Crippen LogP contribution in [0.3, 0.4) is 0 Å². The molecule has 0 amide bonds. The van der Waals surface area contributed by atoms with Crippen LogP contribution in [0.25, 0.3) is 0 Å². The molecule has 1 fully saturated rings. The average molecular weight is 453 g/mol. The number of esters is 2. The van der Waals surface area contributed by atoms with Crippen molar-refractivity contribution in [1.29, 1.82) is 0 Å². The largest absolute Gasteiger partial charge is 0.508 e. The summed E-state index contributed by atoms with van der Waals surface area (Å²) in [4.78, 5) is 26.3. The van der Waals surface area contributed by atoms with Crippen LogP contribution in [0.15, 0.2) is 60.7 Å². The molecule has 8 heteroatoms. The fraction of sp³-hybridized carbons (Fsp3) is 0.360. The number of nitrogens with zero attached hydrogens (tertiary/aromatic N) is 1. The monoisotopic (exact) mass is 453 g/mol. The molecule has 2 aromatic carbocycles. The Labute approximate surface area is 192 Å². The van der Waals surface area contributed by atoms with Crippen molar-refractivity contribution in [3.05, 3.63) is 71.8 Å². The van der Waals surface area contributed by atoms with Crippen molar-refractivity contribution in [3.63, 3.8) is 0 Å². The van der Waals surface area contributed by atoms with E-state index in [2.05, 4.69) is 0 Å². The fourth-order valence-electron chi connectivity index (χ4n) is 4.21. The predicted molar refractivity (Wildman–Crippen MR) is 118 cm³/mol. The Morgan fingerprint density at radius 3 is 2.27 bits per heavy atom. The third kappa shape index (κ3) is 5.53. The van der Waals surface area contributed by atoms with Gasteiger partial charge in [0.1, 0.15) is 18.1 Å². The minimum Gasteiger partial charge on any atom is -0.508 e. The van der Waals surface area contributed by atoms with E-state index in [0.717, 1.165) is 23.3 Å². The average Bonchev–Trinajstić information content (AvgIpc) is 2.90. The highest BCUT2D eigenvalue weighted by Gasteiger charge is 2.54. The summed E-state index contributed by atoms with van der Waals surface area (Å²) in [6, 6.07) is 14.1. The molecule has 0 saturated carbocycles. The summed E-state index contributed by atoms with van der Waals surface area (Å²) in [5.41, 5.74) is 0.809. The number of aromatic hydroxyl groups is 1. The van der Waals surface area contributed by atoms with E-state index in [1.165, 1.54) is 12.1 Å². The first kappa shape index (κ1) is 22.8. The number of ether oxygens (including phenoxy) is 3. The second kappa shape index (κ2) is 9.25. The van der Waals surface area contributed by atoms with Gasteiger partial charge in [-0.15, -0.1) is 0 Å². The molecule has 2 N–H and O–H groups in total. The molecule has 1 saturated heterocycles. The molecule has 174 valence electrons. The molecule has 0 aliphatic carbocycles. The quantitative estimate of drug-likeness (QED) is 0.643. The Balaban J connectivity index is 1.52. The van der Waals surface area contributed by atoms with Crippen LogP contribution in [0.2, 0.25) is 0 Å². The summed E-state index contributed by atoms with van der Waals surface area (Å²) in [6.07, 6.45) is 2.68. The minimum absolute atomic E-state index is 0.0910. The predicted octanol–water partition coefficient (Wildman–Crippen LogP) is 2.46. The number of carbonyl (C=O) groups is 2. The van der Waals surface area contributed by atoms with Crippen molar-refractivity contribution in [2.75, 3.05) is 19.7 Å². The molecular weight excluding hydrogens is 426 g/mol. The molecule has 0 radical (unpaired) electrons. The number of likely N-dealkylation sites (tertiary alicyclic amines) is 1. The van der Waals surface area contributed by atoms with Crippen LogP contribution in [0.1, 0.15) is 24.0 Å². The number of aliphatic hydroxyl groups is 1. The molecule has 1 spiro atoms. The van der Waals surface area contributed by atoms with Crippen LogP contribution in [0, 0.1) is 6.92 Å². The van der Waals surface area contributed by atoms with Crippen molar-refractivity contribution in [1.82, 2.24) is 4.90 Å². The molecule has 33 heavy (non-hydrogen) atoms. The van der Waals surface area contributed by atoms with Gasteiger partial charge in [-0.25, -0.2) is 14.5 Å². The molecule has 2 aliphatic heterocycles. The SMILES string of the molecule is Cc1ccc(CC2(O)CCN(CCOc3ccc(O)cc3)C3(C2)OC(=O)C=CC(=O)O3)cc1. The Hall–Kier alpha value is -3.36. The highest BCUT2D eigenvalue weighted by Crippen LogP contribution is 2.39. The second-order valence-electron chi connectivity index (χ2n) is 8.53. The smallest absolute Gasteiger partial charge is 0.335 e. The third-order valence-corrected chi connectivity index (χ3v) is 5.88. The van der Waals surface area contributed by atoms with Gasteiger partial charge in [-0.05, 0) is 43.2 Å². The molecule has 1 atom stereocenters. The normalized spacial score (nSPS) is 22.5. The van der Waals surface area contributed by atoms with E-state index in [4.69, 9.17) is 14.2 Å². The van der Waals surface area contributed by atoms with Crippen LogP contribution >= 0.6 is 0 Å². The first-order chi connectivity index (χ1) is 15.8. The second-order valence-corrected chi connectivity index (χ2v) is 8.53. The highest BCUT2D eigenvalue weighted by atomic mass is 16.8. The van der Waals surface area contributed by atoms with E-state index in [0.29, 0.717) is 25.1 Å². The zero-order valence-electron chi connectivity index (χ0n) is 18.4. The summed E-state index contributed by atoms with van der Waals surface area (Å²) >= 11 is 0. The molecular formula is C25H27NO7. The summed E-state index contributed by atoms with van der Waals surface area (Å²) < 4.78 is 16.9. The maximum absolute atomic E-state index is 12.3. The van der Waals surface area contributed by atoms with Gasteiger partial charge in [0, 0.05) is 31.7 Å². The van der Waals surface area contributed by atoms with Crippen LogP contribution in [0.4, 0.5) is 0 Å². The van der Waals surface area contributed by atoms with E-state index in [1.54, 1.807) is 17.0 Å². The number of benzene rings is 2. The molecule has 0 aromatic heterocycles. The Morgan fingerprint density at radius 1 is 1.00 bits per heavy atom. The van der Waals surface area contributed by atoms with E-state index in [1.807, 2.05) is 31.2 Å². The van der Waals surface area contributed by atoms with Crippen molar-refractivity contribution in [2.45, 2.75) is 37.7 Å². The van der Waals surface area contributed by atoms with Gasteiger partial charge in [0.15, 0.2) is 0 Å². The molecule has 2 heterocycles. The number of carbonyl (C=O) groups excluding carboxylic acids is 2. The number of hydrogen-bond acceptors (Lipinski definition) is 8. The summed E-state index contributed by atoms with van der Waals surface area (Å²) in [5, 5.41) is 20.8. The van der Waals surface area contributed by atoms with Gasteiger partial charge in [0.25, 0.3) is 0 Å². The van der Waals surface area contributed by atoms with E-state index >= 15 is 0 Å². The van der Waals surface area contributed by atoms with Crippen LogP contribution in [-0.2, 0) is 25.5 Å². The maximum Gasteiger partial charge on any atom is 0.335 e. The van der Waals surface area contributed by atoms with Crippen molar-refractivity contribution < 1.29 is 34.0 Å². The van der Waals surface area contributed by atoms with Crippen molar-refractivity contribution in [3.8, 4) is 11.5 Å². The standard InChI is InChI=1S/C25H27NO7/c1-18-2-4-19(5-3-18)16-24(30)12-13-26(14-15-31-21-8-6-20(27)7-9-21)25(17-24)32-22(28)10-11-23(29)33-25/h2-11,27,30H,12-17H2,1H3. The minimum atomic E-state index is -1.74. The number of phenols is 1. The Bertz CT molecular complexity index is 1010. The number of hydrogen-bond donors (Lipinski definition) is 2. The van der Waals surface area contributed by atoms with Crippen molar-refractivity contribution >= 4 is 11.9 Å². The van der Waals surface area contributed by atoms with Gasteiger partial charge >= 0.3 is 17.8 Å². The van der Waals surface area contributed by atoms with Gasteiger partial charge in [-0.3, -0.25) is 0 Å². The van der Waals surface area contributed by atoms with Crippen LogP contribution in [0.5, 0.6) is 11.5 Å². The van der Waals surface area contributed by atoms with Gasteiger partial charge in [0.2, 0.25) is 0 Å². The number of rotatable bonds is 6. The fourth-order valence-corrected chi connectivity index (χ4v) is 4.21. The van der Waals surface area contributed by atoms with Crippen LogP contribution < -0.4 is 4.74 Å². The van der Waals surface area contributed by atoms with E-state index in [9.17, 15) is 19.8 Å². The number of aryl methyl sites for hydroxylation is 1. The van der Waals surface area contributed by atoms with Gasteiger partial charge in [0.05, 0.1) is 12.0 Å². The summed E-state index contributed by atoms with van der Waals surface area (Å²) in [5.74, 6) is -2.48. The maximum atomic E-state index is 12.3. The van der Waals surface area contributed by atoms with Gasteiger partial charge in [-0.2, -0.15) is 0 Å². The highest BCUT2D eigenvalue weighted by molar-refractivity contribution is 5.93. The molecule has 1 unspecified atom stereocenters. The summed E-state index contributed by atoms with van der Waals surface area (Å²) in [6.45, 7) is 2.80. The van der Waals surface area contributed by atoms with Gasteiger partial charge < -0.3 is 24.4 Å². The van der Waals surface area contributed by atoms with Crippen molar-refractivity contribution in [2.24, 2.45) is 0 Å². The van der Waals surface area contributed by atoms with Gasteiger partial charge in [-0.1, -0.05) is 29.8 Å². The number of piperidine rings is 1. The first-order valence-corrected chi connectivity index (χ1v) is 10.8. The molecule has 2 aromatic rings. The topological polar surface area (TPSA) is 106 Å². The molecule has 0 bridgehead atoms. The Morgan fingerprint density at radius 2 is 1.64 bits per heavy atom. The lowest BCUT2D eigenvalue weighted by molar-refractivity contribution is -0.316. The Kier molecular flexibility index (Phi) is 6.40. The first-order valence-electron chi connectivity index (χ1n) is 10.8. The zero-order chi connectivity index (χ0) is 23.5. The number of phenolic OH excluding ortho intramolecular Hbond substituents is 1. The lowest BCUT2D eigenvalue weighted by atomic mass is 9.83. The lowest BCUT2D eigenvalue weighted by Gasteiger charge is -2.49. The zero-order valence-corrected chi connectivity index (χ0v) is 18.4. The van der Waals surface area contributed by atoms with E-state index < -0.39 is 23.5 Å². The lowest BCUT2D eigenvalue weighted by Crippen LogP contribution is -2.64. The molecule has 2 aliphatic rings. The van der Waals surface area contributed by atoms with E-state index in [-0.39, 0.29) is 25.3 Å². The van der Waals surface area contributed by atoms with Crippen LogP contribution in [-0.4, -0.2) is 58.3 Å².